The van der Waals surface area contributed by atoms with E-state index < -0.39 is 112 Å². The van der Waals surface area contributed by atoms with E-state index in [2.05, 4.69) is 0 Å². The molecule has 0 spiro atoms. The van der Waals surface area contributed by atoms with Crippen molar-refractivity contribution in [3.05, 3.63) is 0 Å². The average Bonchev–Trinajstić information content (AvgIpc) is 2.88. The summed E-state index contributed by atoms with van der Waals surface area (Å²) in [5, 5.41) is 90.8. The molecule has 3 rings (SSSR count). The third-order valence-corrected chi connectivity index (χ3v) is 6.53. The monoisotopic (exact) mass is 532 g/mol. The van der Waals surface area contributed by atoms with Crippen molar-refractivity contribution in [3.63, 3.8) is 0 Å². The Hall–Kier alpha value is -0.640. The first-order valence-electron chi connectivity index (χ1n) is 11.4. The van der Waals surface area contributed by atoms with Gasteiger partial charge in [0.15, 0.2) is 18.9 Å². The number of methoxy groups -OCH3 is 2. The molecule has 0 aliphatic carbocycles. The zero-order valence-corrected chi connectivity index (χ0v) is 19.7. The van der Waals surface area contributed by atoms with Crippen molar-refractivity contribution < 1.29 is 79.1 Å². The maximum atomic E-state index is 10.6. The fourth-order valence-corrected chi connectivity index (χ4v) is 4.41. The van der Waals surface area contributed by atoms with Crippen LogP contribution in [0.15, 0.2) is 0 Å². The third-order valence-electron chi connectivity index (χ3n) is 6.53. The van der Waals surface area contributed by atoms with Crippen molar-refractivity contribution in [2.24, 2.45) is 0 Å². The summed E-state index contributed by atoms with van der Waals surface area (Å²) in [5.74, 6) is 0. The van der Waals surface area contributed by atoms with Crippen molar-refractivity contribution in [2.45, 2.75) is 92.1 Å². The smallest absolute Gasteiger partial charge is 0.187 e. The predicted octanol–water partition coefficient (Wildman–Crippen LogP) is -6.26. The first kappa shape index (κ1) is 29.9. The van der Waals surface area contributed by atoms with Gasteiger partial charge in [0.25, 0.3) is 0 Å². The van der Waals surface area contributed by atoms with Gasteiger partial charge in [-0.3, -0.25) is 0 Å². The van der Waals surface area contributed by atoms with Crippen LogP contribution in [0, 0.1) is 0 Å². The Morgan fingerprint density at radius 1 is 0.528 bits per heavy atom. The van der Waals surface area contributed by atoms with Gasteiger partial charge in [0.05, 0.1) is 19.8 Å². The highest BCUT2D eigenvalue weighted by molar-refractivity contribution is 4.95. The van der Waals surface area contributed by atoms with Gasteiger partial charge >= 0.3 is 0 Å². The van der Waals surface area contributed by atoms with Gasteiger partial charge < -0.3 is 79.1 Å². The van der Waals surface area contributed by atoms with E-state index in [1.165, 1.54) is 14.2 Å². The highest BCUT2D eigenvalue weighted by Crippen LogP contribution is 2.31. The van der Waals surface area contributed by atoms with E-state index in [-0.39, 0.29) is 0 Å². The summed E-state index contributed by atoms with van der Waals surface area (Å²) < 4.78 is 37.5. The Labute approximate surface area is 206 Å². The minimum atomic E-state index is -1.71. The molecule has 36 heavy (non-hydrogen) atoms. The van der Waals surface area contributed by atoms with Gasteiger partial charge in [-0.2, -0.15) is 0 Å². The van der Waals surface area contributed by atoms with Gasteiger partial charge in [0, 0.05) is 14.2 Å². The van der Waals surface area contributed by atoms with Gasteiger partial charge in [-0.05, 0) is 0 Å². The van der Waals surface area contributed by atoms with E-state index in [1.807, 2.05) is 0 Å². The second kappa shape index (κ2) is 12.9. The highest BCUT2D eigenvalue weighted by atomic mass is 16.8. The van der Waals surface area contributed by atoms with Crippen LogP contribution < -0.4 is 0 Å². The molecule has 6 unspecified atom stereocenters. The molecule has 3 aliphatic rings. The van der Waals surface area contributed by atoms with Crippen LogP contribution in [0.5, 0.6) is 0 Å². The predicted molar refractivity (Wildman–Crippen MR) is 111 cm³/mol. The van der Waals surface area contributed by atoms with Crippen molar-refractivity contribution in [1.29, 1.82) is 0 Å². The zero-order valence-electron chi connectivity index (χ0n) is 19.7. The van der Waals surface area contributed by atoms with Gasteiger partial charge in [-0.25, -0.2) is 0 Å². The summed E-state index contributed by atoms with van der Waals surface area (Å²) in [6.45, 7) is -1.77. The quantitative estimate of drug-likeness (QED) is 0.134. The molecule has 3 aliphatic heterocycles. The maximum absolute atomic E-state index is 10.6. The summed E-state index contributed by atoms with van der Waals surface area (Å²) in [6, 6.07) is 0. The first-order valence-corrected chi connectivity index (χ1v) is 11.4. The van der Waals surface area contributed by atoms with E-state index >= 15 is 0 Å². The molecule has 16 nitrogen and oxygen atoms in total. The average molecular weight is 532 g/mol. The molecular weight excluding hydrogens is 496 g/mol. The minimum Gasteiger partial charge on any atom is -0.394 e. The Bertz CT molecular complexity index is 668. The van der Waals surface area contributed by atoms with Crippen LogP contribution in [0.2, 0.25) is 0 Å². The highest BCUT2D eigenvalue weighted by Gasteiger charge is 2.52. The molecule has 0 aromatic rings. The standard InChI is InChI=1S/C20H36O16/c1-30-16-8(5-32-19-13(27)10(24)9(23)6(3-21)33-19)35-20(15(29)11(16)25)36-17-7(4-22)34-18(31-2)14(28)12(17)26/h6-29H,3-5H2,1-2H3/t6?,7?,8?,9-,10-,11+,12+,13?,14?,15?,16-,17-,18+,19+,20-/m0/s1. The molecule has 212 valence electrons. The number of rotatable bonds is 9. The number of hydrogen-bond donors (Lipinski definition) is 9. The first-order chi connectivity index (χ1) is 17.1. The number of ether oxygens (including phenoxy) is 7. The number of hydrogen-bond acceptors (Lipinski definition) is 16. The van der Waals surface area contributed by atoms with Crippen LogP contribution in [0.25, 0.3) is 0 Å². The van der Waals surface area contributed by atoms with Crippen LogP contribution in [-0.4, -0.2) is 172 Å². The normalized spacial score (nSPS) is 50.2. The molecule has 0 aromatic carbocycles. The zero-order chi connectivity index (χ0) is 26.7. The summed E-state index contributed by atoms with van der Waals surface area (Å²) in [4.78, 5) is 0. The molecule has 0 aromatic heterocycles. The van der Waals surface area contributed by atoms with E-state index in [0.717, 1.165) is 0 Å². The summed E-state index contributed by atoms with van der Waals surface area (Å²) in [5.41, 5.74) is 0. The van der Waals surface area contributed by atoms with E-state index in [4.69, 9.17) is 33.2 Å². The lowest BCUT2D eigenvalue weighted by Gasteiger charge is -2.46. The Kier molecular flexibility index (Phi) is 10.8. The molecule has 3 saturated heterocycles. The van der Waals surface area contributed by atoms with E-state index in [0.29, 0.717) is 0 Å². The third kappa shape index (κ3) is 5.99. The summed E-state index contributed by atoms with van der Waals surface area (Å²) in [7, 11) is 2.46. The van der Waals surface area contributed by atoms with Crippen LogP contribution >= 0.6 is 0 Å². The number of aliphatic hydroxyl groups is 9. The minimum absolute atomic E-state index is 0.452. The van der Waals surface area contributed by atoms with Gasteiger partial charge in [-0.1, -0.05) is 0 Å². The fraction of sp³-hybridized carbons (Fsp3) is 1.00. The summed E-state index contributed by atoms with van der Waals surface area (Å²) >= 11 is 0. The lowest BCUT2D eigenvalue weighted by molar-refractivity contribution is -0.364. The molecule has 0 amide bonds. The second-order valence-electron chi connectivity index (χ2n) is 8.80. The molecular formula is C20H36O16. The van der Waals surface area contributed by atoms with Crippen molar-refractivity contribution in [3.8, 4) is 0 Å². The van der Waals surface area contributed by atoms with Crippen molar-refractivity contribution in [2.75, 3.05) is 34.0 Å². The van der Waals surface area contributed by atoms with Crippen LogP contribution in [0.1, 0.15) is 0 Å². The Balaban J connectivity index is 1.70. The topological polar surface area (TPSA) is 247 Å². The second-order valence-corrected chi connectivity index (χ2v) is 8.80. The number of aliphatic hydroxyl groups excluding tert-OH is 9. The largest absolute Gasteiger partial charge is 0.394 e. The molecule has 16 heteroatoms. The van der Waals surface area contributed by atoms with Gasteiger partial charge in [0.1, 0.15) is 73.2 Å². The van der Waals surface area contributed by atoms with Crippen molar-refractivity contribution in [1.82, 2.24) is 0 Å². The van der Waals surface area contributed by atoms with E-state index in [9.17, 15) is 46.0 Å². The maximum Gasteiger partial charge on any atom is 0.187 e. The molecule has 0 saturated carbocycles. The Morgan fingerprint density at radius 3 is 1.64 bits per heavy atom. The van der Waals surface area contributed by atoms with Gasteiger partial charge in [0.2, 0.25) is 0 Å². The molecule has 15 atom stereocenters. The SMILES string of the molecule is CO[C@@H]1OC(CO)[C@H](O[C@@H]2OC(CO[C@@H]3OC(CO)[C@H](O)[C@H](O)C3O)[C@H](OC)[C@H](O)C2O)[C@H](O)C1O. The molecule has 3 fully saturated rings. The molecule has 3 heterocycles. The fourth-order valence-electron chi connectivity index (χ4n) is 4.41. The lowest BCUT2D eigenvalue weighted by atomic mass is 9.96. The van der Waals surface area contributed by atoms with Gasteiger partial charge in [-0.15, -0.1) is 0 Å². The van der Waals surface area contributed by atoms with Crippen LogP contribution in [-0.2, 0) is 33.2 Å². The molecule has 9 N–H and O–H groups in total. The lowest BCUT2D eigenvalue weighted by Crippen LogP contribution is -2.65. The van der Waals surface area contributed by atoms with Crippen LogP contribution in [0.4, 0.5) is 0 Å². The summed E-state index contributed by atoms with van der Waals surface area (Å²) in [6.07, 6.45) is -22.0. The Morgan fingerprint density at radius 2 is 1.06 bits per heavy atom. The molecule has 0 bridgehead atoms. The van der Waals surface area contributed by atoms with E-state index in [1.54, 1.807) is 0 Å². The van der Waals surface area contributed by atoms with Crippen LogP contribution in [0.3, 0.4) is 0 Å². The van der Waals surface area contributed by atoms with Crippen molar-refractivity contribution >= 4 is 0 Å². The molecule has 0 radical (unpaired) electrons.